The molecule has 21 heavy (non-hydrogen) atoms. The molecule has 118 valence electrons. The molecule has 1 aliphatic rings. The van der Waals surface area contributed by atoms with Gasteiger partial charge in [-0.3, -0.25) is 9.89 Å². The first-order valence-electron chi connectivity index (χ1n) is 7.65. The van der Waals surface area contributed by atoms with Crippen LogP contribution in [0.25, 0.3) is 0 Å². The number of hydrogen-bond donors (Lipinski definition) is 3. The number of H-pyrrole nitrogens is 1. The number of carbonyl (C=O) groups excluding carboxylic acids is 1. The molecular formula is C15H26N4O2. The fourth-order valence-electron chi connectivity index (χ4n) is 2.91. The number of ether oxygens (including phenoxy) is 1. The Morgan fingerprint density at radius 1 is 1.48 bits per heavy atom. The van der Waals surface area contributed by atoms with E-state index in [1.165, 1.54) is 5.56 Å². The van der Waals surface area contributed by atoms with Crippen LogP contribution in [-0.2, 0) is 16.0 Å². The lowest BCUT2D eigenvalue weighted by Gasteiger charge is -2.35. The molecule has 0 aromatic carbocycles. The van der Waals surface area contributed by atoms with E-state index in [1.807, 2.05) is 13.1 Å². The van der Waals surface area contributed by atoms with Crippen molar-refractivity contribution >= 4 is 5.91 Å². The van der Waals surface area contributed by atoms with Crippen LogP contribution in [0, 0.1) is 12.3 Å². The van der Waals surface area contributed by atoms with E-state index in [1.54, 1.807) is 7.11 Å². The summed E-state index contributed by atoms with van der Waals surface area (Å²) in [7, 11) is 1.67. The smallest absolute Gasteiger partial charge is 0.228 e. The van der Waals surface area contributed by atoms with Gasteiger partial charge in [0.25, 0.3) is 0 Å². The summed E-state index contributed by atoms with van der Waals surface area (Å²) in [5, 5.41) is 13.3. The number of methoxy groups -OCH3 is 1. The van der Waals surface area contributed by atoms with Crippen LogP contribution in [0.2, 0.25) is 0 Å². The predicted molar refractivity (Wildman–Crippen MR) is 81.1 cm³/mol. The van der Waals surface area contributed by atoms with E-state index in [2.05, 4.69) is 20.8 Å². The van der Waals surface area contributed by atoms with Crippen LogP contribution in [0.3, 0.4) is 0 Å². The third-order valence-electron chi connectivity index (χ3n) is 4.31. The minimum atomic E-state index is -0.356. The maximum atomic E-state index is 12.5. The number of rotatable bonds is 7. The van der Waals surface area contributed by atoms with Crippen LogP contribution in [0.15, 0.2) is 6.20 Å². The first-order chi connectivity index (χ1) is 10.2. The average molecular weight is 294 g/mol. The SMILES string of the molecule is COCC1(C(=O)NCCCc2cn[nH]c2C)CCNCC1. The summed E-state index contributed by atoms with van der Waals surface area (Å²) < 4.78 is 5.29. The average Bonchev–Trinajstić information content (AvgIpc) is 2.90. The number of aromatic amines is 1. The Balaban J connectivity index is 1.78. The van der Waals surface area contributed by atoms with Crippen molar-refractivity contribution in [2.45, 2.75) is 32.6 Å². The molecule has 1 fully saturated rings. The van der Waals surface area contributed by atoms with Crippen LogP contribution >= 0.6 is 0 Å². The lowest BCUT2D eigenvalue weighted by atomic mass is 9.78. The molecule has 2 heterocycles. The van der Waals surface area contributed by atoms with Gasteiger partial charge in [0.15, 0.2) is 0 Å². The number of aromatic nitrogens is 2. The van der Waals surface area contributed by atoms with Crippen molar-refractivity contribution in [2.24, 2.45) is 5.41 Å². The quantitative estimate of drug-likeness (QED) is 0.649. The molecule has 0 saturated carbocycles. The van der Waals surface area contributed by atoms with Crippen molar-refractivity contribution in [1.82, 2.24) is 20.8 Å². The molecule has 3 N–H and O–H groups in total. The molecule has 6 nitrogen and oxygen atoms in total. The van der Waals surface area contributed by atoms with Gasteiger partial charge in [0.1, 0.15) is 0 Å². The summed E-state index contributed by atoms with van der Waals surface area (Å²) in [4.78, 5) is 12.5. The molecule has 0 aliphatic carbocycles. The Morgan fingerprint density at radius 3 is 2.86 bits per heavy atom. The Hall–Kier alpha value is -1.40. The molecule has 0 spiro atoms. The zero-order valence-corrected chi connectivity index (χ0v) is 13.0. The molecule has 1 saturated heterocycles. The third kappa shape index (κ3) is 4.04. The molecule has 1 aromatic heterocycles. The van der Waals surface area contributed by atoms with Gasteiger partial charge in [0.05, 0.1) is 18.2 Å². The number of aryl methyl sites for hydroxylation is 2. The van der Waals surface area contributed by atoms with Crippen LogP contribution in [0.5, 0.6) is 0 Å². The Kier molecular flexibility index (Phi) is 5.76. The van der Waals surface area contributed by atoms with E-state index < -0.39 is 0 Å². The highest BCUT2D eigenvalue weighted by Crippen LogP contribution is 2.29. The highest BCUT2D eigenvalue weighted by atomic mass is 16.5. The van der Waals surface area contributed by atoms with Crippen LogP contribution < -0.4 is 10.6 Å². The molecule has 0 atom stereocenters. The molecule has 1 amide bonds. The second-order valence-electron chi connectivity index (χ2n) is 5.84. The summed E-state index contributed by atoms with van der Waals surface area (Å²) >= 11 is 0. The summed E-state index contributed by atoms with van der Waals surface area (Å²) in [6.07, 6.45) is 5.40. The summed E-state index contributed by atoms with van der Waals surface area (Å²) in [5.41, 5.74) is 1.97. The van der Waals surface area contributed by atoms with E-state index in [0.717, 1.165) is 44.5 Å². The normalized spacial score (nSPS) is 17.6. The summed E-state index contributed by atoms with van der Waals surface area (Å²) in [6, 6.07) is 0. The van der Waals surface area contributed by atoms with E-state index in [4.69, 9.17) is 4.74 Å². The first-order valence-corrected chi connectivity index (χ1v) is 7.65. The summed E-state index contributed by atoms with van der Waals surface area (Å²) in [5.74, 6) is 0.134. The number of nitrogens with one attached hydrogen (secondary N) is 3. The molecule has 6 heteroatoms. The van der Waals surface area contributed by atoms with Gasteiger partial charge in [-0.2, -0.15) is 5.10 Å². The monoisotopic (exact) mass is 294 g/mol. The van der Waals surface area contributed by atoms with Gasteiger partial charge >= 0.3 is 0 Å². The number of amides is 1. The minimum absolute atomic E-state index is 0.134. The van der Waals surface area contributed by atoms with Gasteiger partial charge in [-0.15, -0.1) is 0 Å². The summed E-state index contributed by atoms with van der Waals surface area (Å²) in [6.45, 7) is 4.98. The molecular weight excluding hydrogens is 268 g/mol. The largest absolute Gasteiger partial charge is 0.384 e. The molecule has 0 unspecified atom stereocenters. The number of hydrogen-bond acceptors (Lipinski definition) is 4. The van der Waals surface area contributed by atoms with Gasteiger partial charge in [0.2, 0.25) is 5.91 Å². The van der Waals surface area contributed by atoms with Crippen molar-refractivity contribution in [1.29, 1.82) is 0 Å². The lowest BCUT2D eigenvalue weighted by Crippen LogP contribution is -2.50. The van der Waals surface area contributed by atoms with Crippen molar-refractivity contribution in [2.75, 3.05) is 33.4 Å². The Labute approximate surface area is 126 Å². The van der Waals surface area contributed by atoms with Crippen LogP contribution in [0.1, 0.15) is 30.5 Å². The second-order valence-corrected chi connectivity index (χ2v) is 5.84. The van der Waals surface area contributed by atoms with Crippen molar-refractivity contribution in [3.8, 4) is 0 Å². The highest BCUT2D eigenvalue weighted by molar-refractivity contribution is 5.83. The first kappa shape index (κ1) is 16.0. The fourth-order valence-corrected chi connectivity index (χ4v) is 2.91. The van der Waals surface area contributed by atoms with E-state index in [9.17, 15) is 4.79 Å². The predicted octanol–water partition coefficient (Wildman–Crippen LogP) is 0.783. The van der Waals surface area contributed by atoms with E-state index in [-0.39, 0.29) is 11.3 Å². The van der Waals surface area contributed by atoms with Gasteiger partial charge in [0, 0.05) is 19.3 Å². The Bertz CT molecular complexity index is 447. The van der Waals surface area contributed by atoms with Crippen LogP contribution in [-0.4, -0.2) is 49.5 Å². The van der Waals surface area contributed by atoms with E-state index in [0.29, 0.717) is 13.2 Å². The van der Waals surface area contributed by atoms with Crippen molar-refractivity contribution < 1.29 is 9.53 Å². The highest BCUT2D eigenvalue weighted by Gasteiger charge is 2.39. The van der Waals surface area contributed by atoms with Crippen molar-refractivity contribution in [3.63, 3.8) is 0 Å². The number of nitrogens with zero attached hydrogens (tertiary/aromatic N) is 1. The second kappa shape index (κ2) is 7.56. The number of carbonyl (C=O) groups is 1. The number of piperidine rings is 1. The Morgan fingerprint density at radius 2 is 2.24 bits per heavy atom. The van der Waals surface area contributed by atoms with Gasteiger partial charge < -0.3 is 15.4 Å². The zero-order valence-electron chi connectivity index (χ0n) is 13.0. The third-order valence-corrected chi connectivity index (χ3v) is 4.31. The fraction of sp³-hybridized carbons (Fsp3) is 0.733. The zero-order chi connectivity index (χ0) is 15.1. The maximum Gasteiger partial charge on any atom is 0.228 e. The van der Waals surface area contributed by atoms with E-state index >= 15 is 0 Å². The van der Waals surface area contributed by atoms with Crippen molar-refractivity contribution in [3.05, 3.63) is 17.5 Å². The van der Waals surface area contributed by atoms with Gasteiger partial charge in [-0.25, -0.2) is 0 Å². The van der Waals surface area contributed by atoms with Gasteiger partial charge in [-0.05, 0) is 51.3 Å². The minimum Gasteiger partial charge on any atom is -0.384 e. The topological polar surface area (TPSA) is 79.0 Å². The lowest BCUT2D eigenvalue weighted by molar-refractivity contribution is -0.136. The van der Waals surface area contributed by atoms with Crippen LogP contribution in [0.4, 0.5) is 0 Å². The molecule has 0 bridgehead atoms. The molecule has 1 aliphatic heterocycles. The molecule has 2 rings (SSSR count). The standard InChI is InChI=1S/C15H26N4O2/c1-12-13(10-18-19-12)4-3-7-17-14(20)15(11-21-2)5-8-16-9-6-15/h10,16H,3-9,11H2,1-2H3,(H,17,20)(H,18,19). The molecule has 0 radical (unpaired) electrons. The molecule has 1 aromatic rings. The van der Waals surface area contributed by atoms with Gasteiger partial charge in [-0.1, -0.05) is 0 Å². The maximum absolute atomic E-state index is 12.5.